The zero-order valence-corrected chi connectivity index (χ0v) is 11.4. The van der Waals surface area contributed by atoms with Crippen molar-refractivity contribution in [3.05, 3.63) is 0 Å². The molecule has 7 heteroatoms. The minimum atomic E-state index is -1.03. The van der Waals surface area contributed by atoms with E-state index in [-0.39, 0.29) is 11.9 Å². The lowest BCUT2D eigenvalue weighted by Crippen LogP contribution is -2.41. The zero-order valence-electron chi connectivity index (χ0n) is 10.5. The summed E-state index contributed by atoms with van der Waals surface area (Å²) in [6.45, 7) is 1.83. The van der Waals surface area contributed by atoms with Gasteiger partial charge in [0, 0.05) is 28.9 Å². The number of carbonyl (C=O) groups is 2. The van der Waals surface area contributed by atoms with Gasteiger partial charge in [0.15, 0.2) is 6.10 Å². The molecule has 1 aliphatic heterocycles. The molecule has 0 bridgehead atoms. The van der Waals surface area contributed by atoms with E-state index in [0.29, 0.717) is 25.0 Å². The van der Waals surface area contributed by atoms with Crippen molar-refractivity contribution in [3.63, 3.8) is 0 Å². The summed E-state index contributed by atoms with van der Waals surface area (Å²) in [6.07, 6.45) is 1.48. The molecular weight excluding hydrogens is 258 g/mol. The molecule has 0 aromatic rings. The Bertz CT molecular complexity index is 346. The average Bonchev–Trinajstić information content (AvgIpc) is 2.75. The van der Waals surface area contributed by atoms with Crippen LogP contribution in [0, 0.1) is 0 Å². The van der Waals surface area contributed by atoms with Crippen molar-refractivity contribution in [2.24, 2.45) is 0 Å². The number of amides is 1. The molecule has 1 fully saturated rings. The number of ether oxygens (including phenoxy) is 1. The van der Waals surface area contributed by atoms with Crippen LogP contribution in [0.15, 0.2) is 0 Å². The largest absolute Gasteiger partial charge is 0.479 e. The fourth-order valence-electron chi connectivity index (χ4n) is 1.76. The summed E-state index contributed by atoms with van der Waals surface area (Å²) >= 11 is 0. The first kappa shape index (κ1) is 15.1. The van der Waals surface area contributed by atoms with Gasteiger partial charge in [-0.15, -0.1) is 0 Å². The van der Waals surface area contributed by atoms with E-state index in [4.69, 9.17) is 9.84 Å². The first-order valence-corrected chi connectivity index (χ1v) is 7.61. The van der Waals surface area contributed by atoms with Gasteiger partial charge >= 0.3 is 5.97 Å². The van der Waals surface area contributed by atoms with Crippen molar-refractivity contribution in [1.29, 1.82) is 0 Å². The van der Waals surface area contributed by atoms with Gasteiger partial charge in [-0.2, -0.15) is 0 Å². The smallest absolute Gasteiger partial charge is 0.332 e. The number of rotatable bonds is 6. The maximum atomic E-state index is 11.8. The van der Waals surface area contributed by atoms with E-state index in [1.54, 1.807) is 6.26 Å². The molecular formula is C11H19NO5S. The highest BCUT2D eigenvalue weighted by Crippen LogP contribution is 2.20. The summed E-state index contributed by atoms with van der Waals surface area (Å²) in [5.74, 6) is -0.780. The van der Waals surface area contributed by atoms with Crippen LogP contribution in [0.4, 0.5) is 0 Å². The highest BCUT2D eigenvalue weighted by Gasteiger charge is 2.34. The highest BCUT2D eigenvalue weighted by atomic mass is 32.2. The van der Waals surface area contributed by atoms with E-state index in [0.717, 1.165) is 0 Å². The molecule has 6 nitrogen and oxygen atoms in total. The van der Waals surface area contributed by atoms with Crippen LogP contribution >= 0.6 is 0 Å². The molecule has 0 aromatic carbocycles. The third-order valence-corrected chi connectivity index (χ3v) is 3.63. The third-order valence-electron chi connectivity index (χ3n) is 2.81. The van der Waals surface area contributed by atoms with E-state index < -0.39 is 29.0 Å². The Kier molecular flexibility index (Phi) is 5.74. The molecule has 104 valence electrons. The highest BCUT2D eigenvalue weighted by molar-refractivity contribution is 7.84. The Labute approximate surface area is 109 Å². The Morgan fingerprint density at radius 2 is 2.06 bits per heavy atom. The summed E-state index contributed by atoms with van der Waals surface area (Å²) in [6, 6.07) is -0.0890. The molecule has 0 saturated carbocycles. The zero-order chi connectivity index (χ0) is 13.7. The normalized spacial score (nSPS) is 26.6. The molecule has 1 rings (SSSR count). The van der Waals surface area contributed by atoms with Crippen LogP contribution in [0.5, 0.6) is 0 Å². The number of carboxylic acids is 1. The van der Waals surface area contributed by atoms with E-state index in [1.165, 1.54) is 0 Å². The third kappa shape index (κ3) is 4.73. The van der Waals surface area contributed by atoms with Crippen molar-refractivity contribution >= 4 is 22.7 Å². The second-order valence-electron chi connectivity index (χ2n) is 4.50. The Morgan fingerprint density at radius 1 is 1.44 bits per heavy atom. The standard InChI is InChI=1S/C11H19NO5S/c1-7(5-6-18(2)16)12-10(13)8-3-4-9(17-8)11(14)15/h7-9H,3-6H2,1-2H3,(H,12,13)(H,14,15)/t7?,8-,9+,18?/m0/s1. The number of nitrogens with one attached hydrogen (secondary N) is 1. The van der Waals surface area contributed by atoms with E-state index in [2.05, 4.69) is 5.32 Å². The van der Waals surface area contributed by atoms with E-state index >= 15 is 0 Å². The van der Waals surface area contributed by atoms with Gasteiger partial charge in [-0.05, 0) is 26.2 Å². The summed E-state index contributed by atoms with van der Waals surface area (Å²) in [7, 11) is -0.875. The summed E-state index contributed by atoms with van der Waals surface area (Å²) in [5, 5.41) is 11.5. The van der Waals surface area contributed by atoms with Gasteiger partial charge in [-0.25, -0.2) is 4.79 Å². The fraction of sp³-hybridized carbons (Fsp3) is 0.818. The van der Waals surface area contributed by atoms with Crippen LogP contribution in [0.25, 0.3) is 0 Å². The lowest BCUT2D eigenvalue weighted by atomic mass is 10.1. The predicted molar refractivity (Wildman–Crippen MR) is 66.7 cm³/mol. The molecule has 1 saturated heterocycles. The van der Waals surface area contributed by atoms with E-state index in [1.807, 2.05) is 6.92 Å². The van der Waals surface area contributed by atoms with Crippen molar-refractivity contribution in [2.75, 3.05) is 12.0 Å². The monoisotopic (exact) mass is 277 g/mol. The van der Waals surface area contributed by atoms with Gasteiger partial charge in [0.2, 0.25) is 5.91 Å². The van der Waals surface area contributed by atoms with Gasteiger partial charge in [-0.3, -0.25) is 9.00 Å². The maximum Gasteiger partial charge on any atom is 0.332 e. The molecule has 4 atom stereocenters. The first-order valence-electron chi connectivity index (χ1n) is 5.88. The molecule has 1 amide bonds. The quantitative estimate of drug-likeness (QED) is 0.707. The Morgan fingerprint density at radius 3 is 2.56 bits per heavy atom. The van der Waals surface area contributed by atoms with Crippen molar-refractivity contribution in [1.82, 2.24) is 5.32 Å². The first-order chi connectivity index (χ1) is 8.40. The molecule has 18 heavy (non-hydrogen) atoms. The molecule has 0 aromatic heterocycles. The van der Waals surface area contributed by atoms with Crippen molar-refractivity contribution in [3.8, 4) is 0 Å². The molecule has 1 aliphatic rings. The summed E-state index contributed by atoms with van der Waals surface area (Å²) < 4.78 is 16.1. The van der Waals surface area contributed by atoms with Gasteiger partial charge in [-0.1, -0.05) is 0 Å². The second kappa shape index (κ2) is 6.84. The molecule has 2 unspecified atom stereocenters. The minimum absolute atomic E-state index is 0.0890. The van der Waals surface area contributed by atoms with Crippen LogP contribution in [-0.4, -0.2) is 51.5 Å². The number of hydrogen-bond donors (Lipinski definition) is 2. The molecule has 1 heterocycles. The lowest BCUT2D eigenvalue weighted by molar-refractivity contribution is -0.151. The van der Waals surface area contributed by atoms with Crippen molar-refractivity contribution < 1.29 is 23.6 Å². The SMILES string of the molecule is CC(CCS(C)=O)NC(=O)[C@@H]1CC[C@H](C(=O)O)O1. The Hall–Kier alpha value is -0.950. The number of aliphatic carboxylic acids is 1. The molecule has 2 N–H and O–H groups in total. The van der Waals surface area contributed by atoms with Crippen molar-refractivity contribution in [2.45, 2.75) is 44.4 Å². The van der Waals surface area contributed by atoms with Crippen LogP contribution in [0.2, 0.25) is 0 Å². The maximum absolute atomic E-state index is 11.8. The average molecular weight is 277 g/mol. The van der Waals surface area contributed by atoms with Crippen LogP contribution in [0.1, 0.15) is 26.2 Å². The molecule has 0 radical (unpaired) electrons. The number of carbonyl (C=O) groups excluding carboxylic acids is 1. The van der Waals surface area contributed by atoms with Crippen LogP contribution in [0.3, 0.4) is 0 Å². The summed E-state index contributed by atoms with van der Waals surface area (Å²) in [4.78, 5) is 22.4. The van der Waals surface area contributed by atoms with Gasteiger partial charge in [0.25, 0.3) is 0 Å². The Balaban J connectivity index is 2.33. The lowest BCUT2D eigenvalue weighted by Gasteiger charge is -2.16. The number of hydrogen-bond acceptors (Lipinski definition) is 4. The predicted octanol–water partition coefficient (Wildman–Crippen LogP) is -0.108. The van der Waals surface area contributed by atoms with E-state index in [9.17, 15) is 13.8 Å². The van der Waals surface area contributed by atoms with Crippen LogP contribution < -0.4 is 5.32 Å². The van der Waals surface area contributed by atoms with Gasteiger partial charge in [0.1, 0.15) is 6.10 Å². The minimum Gasteiger partial charge on any atom is -0.479 e. The van der Waals surface area contributed by atoms with Gasteiger partial charge in [0.05, 0.1) is 0 Å². The van der Waals surface area contributed by atoms with Gasteiger partial charge < -0.3 is 15.2 Å². The fourth-order valence-corrected chi connectivity index (χ4v) is 2.45. The van der Waals surface area contributed by atoms with Crippen LogP contribution in [-0.2, 0) is 25.1 Å². The second-order valence-corrected chi connectivity index (χ2v) is 6.06. The summed E-state index contributed by atoms with van der Waals surface area (Å²) in [5.41, 5.74) is 0. The molecule has 0 spiro atoms. The number of carboxylic acid groups (broad SMARTS) is 1. The molecule has 0 aliphatic carbocycles. The topological polar surface area (TPSA) is 92.7 Å².